The van der Waals surface area contributed by atoms with Crippen LogP contribution in [0.1, 0.15) is 32.6 Å². The number of hydrogen-bond donors (Lipinski definition) is 2. The van der Waals surface area contributed by atoms with Crippen LogP contribution in [0.5, 0.6) is 0 Å². The molecule has 2 rings (SSSR count). The first-order chi connectivity index (χ1) is 7.80. The molecule has 2 fully saturated rings. The Balaban J connectivity index is 1.85. The highest BCUT2D eigenvalue weighted by atomic mass is 32.2. The first-order valence-corrected chi connectivity index (χ1v) is 7.89. The van der Waals surface area contributed by atoms with E-state index in [1.165, 1.54) is 0 Å². The third kappa shape index (κ3) is 3.42. The van der Waals surface area contributed by atoms with Crippen LogP contribution in [0, 0.1) is 5.92 Å². The van der Waals surface area contributed by atoms with E-state index in [4.69, 9.17) is 5.73 Å². The van der Waals surface area contributed by atoms with Crippen LogP contribution in [0.15, 0.2) is 0 Å². The summed E-state index contributed by atoms with van der Waals surface area (Å²) in [4.78, 5) is 11.8. The minimum atomic E-state index is -2.98. The summed E-state index contributed by atoms with van der Waals surface area (Å²) < 4.78 is 22.8. The third-order valence-corrected chi connectivity index (χ3v) is 5.50. The first-order valence-electron chi connectivity index (χ1n) is 6.07. The van der Waals surface area contributed by atoms with Crippen molar-refractivity contribution in [2.45, 2.75) is 44.2 Å². The molecule has 0 radical (unpaired) electrons. The minimum Gasteiger partial charge on any atom is -0.350 e. The molecular formula is C11H20N2O3S. The molecule has 2 unspecified atom stereocenters. The summed E-state index contributed by atoms with van der Waals surface area (Å²) in [5, 5.41) is 2.83. The molecule has 98 valence electrons. The monoisotopic (exact) mass is 260 g/mol. The molecule has 1 aliphatic heterocycles. The van der Waals surface area contributed by atoms with Crippen LogP contribution in [0.25, 0.3) is 0 Å². The highest BCUT2D eigenvalue weighted by Gasteiger charge is 2.40. The lowest BCUT2D eigenvalue weighted by atomic mass is 10.0. The Morgan fingerprint density at radius 2 is 2.18 bits per heavy atom. The van der Waals surface area contributed by atoms with Gasteiger partial charge >= 0.3 is 0 Å². The number of hydrogen-bond acceptors (Lipinski definition) is 4. The maximum atomic E-state index is 11.8. The van der Waals surface area contributed by atoms with Gasteiger partial charge in [-0.15, -0.1) is 0 Å². The molecule has 0 spiro atoms. The van der Waals surface area contributed by atoms with Crippen LogP contribution in [-0.2, 0) is 14.6 Å². The average Bonchev–Trinajstić information content (AvgIpc) is 2.93. The van der Waals surface area contributed by atoms with E-state index in [-0.39, 0.29) is 23.5 Å². The van der Waals surface area contributed by atoms with E-state index in [9.17, 15) is 13.2 Å². The van der Waals surface area contributed by atoms with Gasteiger partial charge in [-0.2, -0.15) is 0 Å². The van der Waals surface area contributed by atoms with Crippen LogP contribution in [-0.4, -0.2) is 37.4 Å². The van der Waals surface area contributed by atoms with E-state index in [0.29, 0.717) is 18.8 Å². The Hall–Kier alpha value is -0.620. The van der Waals surface area contributed by atoms with Crippen molar-refractivity contribution in [3.63, 3.8) is 0 Å². The molecule has 1 amide bonds. The molecule has 3 N–H and O–H groups in total. The van der Waals surface area contributed by atoms with E-state index in [1.54, 1.807) is 6.92 Å². The number of amides is 1. The molecule has 5 nitrogen and oxygen atoms in total. The zero-order chi connectivity index (χ0) is 12.7. The van der Waals surface area contributed by atoms with Crippen LogP contribution in [0.4, 0.5) is 0 Å². The zero-order valence-electron chi connectivity index (χ0n) is 10.1. The molecule has 2 aliphatic rings. The molecule has 2 atom stereocenters. The van der Waals surface area contributed by atoms with Crippen molar-refractivity contribution >= 4 is 15.7 Å². The largest absolute Gasteiger partial charge is 0.350 e. The Labute approximate surface area is 102 Å². The fourth-order valence-corrected chi connectivity index (χ4v) is 4.49. The van der Waals surface area contributed by atoms with Crippen molar-refractivity contribution in [1.82, 2.24) is 5.32 Å². The molecule has 6 heteroatoms. The van der Waals surface area contributed by atoms with E-state index in [0.717, 1.165) is 12.8 Å². The first kappa shape index (κ1) is 12.8. The Bertz CT molecular complexity index is 416. The lowest BCUT2D eigenvalue weighted by Crippen LogP contribution is -2.48. The molecule has 1 heterocycles. The highest BCUT2D eigenvalue weighted by molar-refractivity contribution is 7.91. The summed E-state index contributed by atoms with van der Waals surface area (Å²) in [5.41, 5.74) is 5.27. The second-order valence-corrected chi connectivity index (χ2v) is 7.84. The molecule has 0 aromatic rings. The molecule has 0 aromatic heterocycles. The van der Waals surface area contributed by atoms with Crippen molar-refractivity contribution in [1.29, 1.82) is 0 Å². The molecule has 17 heavy (non-hydrogen) atoms. The predicted octanol–water partition coefficient (Wildman–Crippen LogP) is -0.193. The standard InChI is InChI=1S/C11H20N2O3S/c1-11(4-5-17(15,16)7-11)13-10(14)6-9(12)8-2-3-8/h8-9H,2-7,12H2,1H3,(H,13,14). The van der Waals surface area contributed by atoms with Gasteiger partial charge in [0.2, 0.25) is 5.91 Å². The van der Waals surface area contributed by atoms with Gasteiger partial charge in [0.25, 0.3) is 0 Å². The van der Waals surface area contributed by atoms with Crippen LogP contribution in [0.3, 0.4) is 0 Å². The van der Waals surface area contributed by atoms with Gasteiger partial charge in [-0.25, -0.2) is 8.42 Å². The maximum absolute atomic E-state index is 11.8. The third-order valence-electron chi connectivity index (χ3n) is 3.59. The fraction of sp³-hybridized carbons (Fsp3) is 0.909. The summed E-state index contributed by atoms with van der Waals surface area (Å²) in [7, 11) is -2.98. The lowest BCUT2D eigenvalue weighted by Gasteiger charge is -2.24. The zero-order valence-corrected chi connectivity index (χ0v) is 10.9. The summed E-state index contributed by atoms with van der Waals surface area (Å²) in [6.07, 6.45) is 3.03. The predicted molar refractivity (Wildman–Crippen MR) is 65.1 cm³/mol. The second kappa shape index (κ2) is 4.24. The smallest absolute Gasteiger partial charge is 0.222 e. The molecule has 0 bridgehead atoms. The lowest BCUT2D eigenvalue weighted by molar-refractivity contribution is -0.123. The number of sulfone groups is 1. The molecule has 1 saturated heterocycles. The summed E-state index contributed by atoms with van der Waals surface area (Å²) >= 11 is 0. The summed E-state index contributed by atoms with van der Waals surface area (Å²) in [6, 6.07) is -0.0726. The quantitative estimate of drug-likeness (QED) is 0.733. The van der Waals surface area contributed by atoms with E-state index < -0.39 is 15.4 Å². The van der Waals surface area contributed by atoms with E-state index >= 15 is 0 Å². The van der Waals surface area contributed by atoms with Gasteiger partial charge in [-0.3, -0.25) is 4.79 Å². The van der Waals surface area contributed by atoms with Crippen LogP contribution >= 0.6 is 0 Å². The van der Waals surface area contributed by atoms with Crippen molar-refractivity contribution in [3.8, 4) is 0 Å². The number of carbonyl (C=O) groups is 1. The average molecular weight is 260 g/mol. The topological polar surface area (TPSA) is 89.3 Å². The normalized spacial score (nSPS) is 33.3. The number of nitrogens with two attached hydrogens (primary N) is 1. The Morgan fingerprint density at radius 1 is 1.53 bits per heavy atom. The van der Waals surface area contributed by atoms with Crippen molar-refractivity contribution < 1.29 is 13.2 Å². The maximum Gasteiger partial charge on any atom is 0.222 e. The Kier molecular flexibility index (Phi) is 3.20. The van der Waals surface area contributed by atoms with Crippen molar-refractivity contribution in [2.75, 3.05) is 11.5 Å². The summed E-state index contributed by atoms with van der Waals surface area (Å²) in [6.45, 7) is 1.79. The molecular weight excluding hydrogens is 240 g/mol. The van der Waals surface area contributed by atoms with Gasteiger partial charge in [-0.05, 0) is 32.1 Å². The summed E-state index contributed by atoms with van der Waals surface area (Å²) in [5.74, 6) is 0.577. The van der Waals surface area contributed by atoms with Gasteiger partial charge in [0, 0.05) is 12.5 Å². The van der Waals surface area contributed by atoms with E-state index in [2.05, 4.69) is 5.32 Å². The van der Waals surface area contributed by atoms with Gasteiger partial charge in [0.05, 0.1) is 17.0 Å². The SMILES string of the molecule is CC1(NC(=O)CC(N)C2CC2)CCS(=O)(=O)C1. The molecule has 0 aromatic carbocycles. The van der Waals surface area contributed by atoms with E-state index in [1.807, 2.05) is 0 Å². The van der Waals surface area contributed by atoms with Gasteiger partial charge in [0.1, 0.15) is 0 Å². The number of carbonyl (C=O) groups excluding carboxylic acids is 1. The van der Waals surface area contributed by atoms with Gasteiger partial charge in [-0.1, -0.05) is 0 Å². The Morgan fingerprint density at radius 3 is 2.65 bits per heavy atom. The van der Waals surface area contributed by atoms with Crippen LogP contribution in [0.2, 0.25) is 0 Å². The fourth-order valence-electron chi connectivity index (χ4n) is 2.40. The minimum absolute atomic E-state index is 0.0460. The van der Waals surface area contributed by atoms with Crippen molar-refractivity contribution in [2.24, 2.45) is 11.7 Å². The molecule has 1 aliphatic carbocycles. The molecule has 1 saturated carbocycles. The van der Waals surface area contributed by atoms with Gasteiger partial charge < -0.3 is 11.1 Å². The highest BCUT2D eigenvalue weighted by Crippen LogP contribution is 2.33. The van der Waals surface area contributed by atoms with Crippen molar-refractivity contribution in [3.05, 3.63) is 0 Å². The van der Waals surface area contributed by atoms with Crippen LogP contribution < -0.4 is 11.1 Å². The second-order valence-electron chi connectivity index (χ2n) is 5.66. The number of rotatable bonds is 4. The van der Waals surface area contributed by atoms with Gasteiger partial charge in [0.15, 0.2) is 9.84 Å². The number of nitrogens with one attached hydrogen (secondary N) is 1.